The van der Waals surface area contributed by atoms with Crippen molar-refractivity contribution < 1.29 is 27.1 Å². The Bertz CT molecular complexity index is 1280. The number of halogens is 3. The zero-order valence-corrected chi connectivity index (χ0v) is 20.2. The van der Waals surface area contributed by atoms with Gasteiger partial charge in [0.25, 0.3) is 0 Å². The molecule has 1 N–H and O–H groups in total. The highest BCUT2D eigenvalue weighted by atomic mass is 35.5. The largest absolute Gasteiger partial charge is 0.462 e. The number of esters is 1. The van der Waals surface area contributed by atoms with Gasteiger partial charge in [-0.2, -0.15) is 5.26 Å². The SMILES string of the molecule is CCOC(=O)c1cc(C#N)c(N2CC(C(=O)NS(=O)(=O)Cc3ccc(Cl)cc3Cl)C2)nc1CF. The minimum Gasteiger partial charge on any atom is -0.462 e. The highest BCUT2D eigenvalue weighted by molar-refractivity contribution is 7.89. The van der Waals surface area contributed by atoms with Crippen LogP contribution in [0.3, 0.4) is 0 Å². The highest BCUT2D eigenvalue weighted by Crippen LogP contribution is 2.29. The van der Waals surface area contributed by atoms with E-state index >= 15 is 0 Å². The predicted molar refractivity (Wildman–Crippen MR) is 123 cm³/mol. The summed E-state index contributed by atoms with van der Waals surface area (Å²) < 4.78 is 45.2. The molecule has 13 heteroatoms. The molecule has 1 fully saturated rings. The topological polar surface area (TPSA) is 129 Å². The number of ether oxygens (including phenoxy) is 1. The van der Waals surface area contributed by atoms with Gasteiger partial charge in [-0.25, -0.2) is 22.6 Å². The molecule has 0 spiro atoms. The van der Waals surface area contributed by atoms with Crippen molar-refractivity contribution >= 4 is 50.9 Å². The first-order chi connectivity index (χ1) is 16.1. The average molecular weight is 529 g/mol. The molecular weight excluding hydrogens is 510 g/mol. The van der Waals surface area contributed by atoms with Gasteiger partial charge >= 0.3 is 5.97 Å². The third-order valence-corrected chi connectivity index (χ3v) is 6.78. The summed E-state index contributed by atoms with van der Waals surface area (Å²) in [5, 5.41) is 9.96. The molecule has 0 radical (unpaired) electrons. The molecule has 0 atom stereocenters. The molecule has 1 saturated heterocycles. The summed E-state index contributed by atoms with van der Waals surface area (Å²) in [4.78, 5) is 30.1. The Kier molecular flexibility index (Phi) is 7.97. The van der Waals surface area contributed by atoms with Crippen LogP contribution in [0.2, 0.25) is 10.0 Å². The van der Waals surface area contributed by atoms with Crippen LogP contribution in [0.15, 0.2) is 24.3 Å². The lowest BCUT2D eigenvalue weighted by Gasteiger charge is -2.39. The molecule has 2 heterocycles. The van der Waals surface area contributed by atoms with E-state index in [4.69, 9.17) is 27.9 Å². The van der Waals surface area contributed by atoms with E-state index in [-0.39, 0.29) is 52.9 Å². The number of nitrogens with zero attached hydrogens (tertiary/aromatic N) is 3. The second-order valence-corrected chi connectivity index (χ2v) is 9.95. The Morgan fingerprint density at radius 2 is 2.03 bits per heavy atom. The van der Waals surface area contributed by atoms with Crippen LogP contribution in [-0.2, 0) is 32.0 Å². The maximum Gasteiger partial charge on any atom is 0.340 e. The number of alkyl halides is 1. The van der Waals surface area contributed by atoms with E-state index in [0.717, 1.165) is 0 Å². The van der Waals surface area contributed by atoms with Crippen molar-refractivity contribution in [3.8, 4) is 6.07 Å². The number of anilines is 1. The number of nitriles is 1. The molecule has 0 aliphatic carbocycles. The maximum absolute atomic E-state index is 13.5. The Labute approximate surface area is 205 Å². The quantitative estimate of drug-likeness (QED) is 0.517. The molecule has 1 amide bonds. The monoisotopic (exact) mass is 528 g/mol. The van der Waals surface area contributed by atoms with E-state index < -0.39 is 40.2 Å². The molecule has 0 unspecified atom stereocenters. The van der Waals surface area contributed by atoms with Crippen LogP contribution >= 0.6 is 23.2 Å². The van der Waals surface area contributed by atoms with Gasteiger partial charge in [0.2, 0.25) is 15.9 Å². The van der Waals surface area contributed by atoms with Crippen molar-refractivity contribution in [2.75, 3.05) is 24.6 Å². The normalized spacial score (nSPS) is 13.7. The van der Waals surface area contributed by atoms with Crippen molar-refractivity contribution in [3.05, 3.63) is 56.7 Å². The number of pyridine rings is 1. The van der Waals surface area contributed by atoms with Crippen LogP contribution in [0.25, 0.3) is 0 Å². The fourth-order valence-electron chi connectivity index (χ4n) is 3.28. The number of sulfonamides is 1. The van der Waals surface area contributed by atoms with E-state index in [2.05, 4.69) is 4.98 Å². The van der Waals surface area contributed by atoms with Crippen molar-refractivity contribution in [1.29, 1.82) is 5.26 Å². The zero-order chi connectivity index (χ0) is 25.0. The number of nitrogens with one attached hydrogen (secondary N) is 1. The van der Waals surface area contributed by atoms with E-state index in [0.29, 0.717) is 5.02 Å². The summed E-state index contributed by atoms with van der Waals surface area (Å²) in [5.41, 5.74) is -0.0526. The smallest absolute Gasteiger partial charge is 0.340 e. The van der Waals surface area contributed by atoms with E-state index in [1.165, 1.54) is 29.2 Å². The fourth-order valence-corrected chi connectivity index (χ4v) is 5.05. The van der Waals surface area contributed by atoms with E-state index in [1.807, 2.05) is 10.8 Å². The van der Waals surface area contributed by atoms with Crippen LogP contribution < -0.4 is 9.62 Å². The standard InChI is InChI=1S/C21H19Cl2FN4O5S/c1-2-33-21(30)16-5-13(8-25)19(26-18(16)7-24)28-9-14(10-28)20(29)27-34(31,32)11-12-3-4-15(22)6-17(12)23/h3-6,14H,2,7,9-11H2,1H3,(H,27,29). The van der Waals surface area contributed by atoms with Gasteiger partial charge in [-0.15, -0.1) is 0 Å². The number of rotatable bonds is 8. The van der Waals surface area contributed by atoms with Gasteiger partial charge < -0.3 is 9.64 Å². The molecule has 1 aliphatic heterocycles. The van der Waals surface area contributed by atoms with Gasteiger partial charge in [-0.1, -0.05) is 29.3 Å². The summed E-state index contributed by atoms with van der Waals surface area (Å²) >= 11 is 11.8. The summed E-state index contributed by atoms with van der Waals surface area (Å²) in [6.45, 7) is 0.709. The first kappa shape index (κ1) is 25.7. The molecule has 2 aromatic rings. The van der Waals surface area contributed by atoms with Crippen molar-refractivity contribution in [3.63, 3.8) is 0 Å². The number of carbonyl (C=O) groups is 2. The maximum atomic E-state index is 13.5. The second kappa shape index (κ2) is 10.5. The molecule has 0 bridgehead atoms. The minimum atomic E-state index is -4.03. The first-order valence-electron chi connectivity index (χ1n) is 9.98. The predicted octanol–water partition coefficient (Wildman–Crippen LogP) is 2.99. The summed E-state index contributed by atoms with van der Waals surface area (Å²) in [6.07, 6.45) is 0. The number of benzene rings is 1. The molecule has 0 saturated carbocycles. The van der Waals surface area contributed by atoms with Gasteiger partial charge in [0, 0.05) is 23.1 Å². The lowest BCUT2D eigenvalue weighted by molar-refractivity contribution is -0.123. The molecule has 180 valence electrons. The van der Waals surface area contributed by atoms with Crippen molar-refractivity contribution in [2.24, 2.45) is 5.92 Å². The fraction of sp³-hybridized carbons (Fsp3) is 0.333. The Balaban J connectivity index is 1.69. The molecule has 1 aromatic carbocycles. The van der Waals surface area contributed by atoms with Gasteiger partial charge in [0.15, 0.2) is 0 Å². The number of hydrogen-bond acceptors (Lipinski definition) is 8. The van der Waals surface area contributed by atoms with Gasteiger partial charge in [0.1, 0.15) is 18.6 Å². The van der Waals surface area contributed by atoms with Crippen LogP contribution in [0.1, 0.15) is 34.1 Å². The number of carbonyl (C=O) groups excluding carboxylic acids is 2. The van der Waals surface area contributed by atoms with Crippen LogP contribution in [0, 0.1) is 17.2 Å². The van der Waals surface area contributed by atoms with Crippen LogP contribution in [-0.4, -0.2) is 45.0 Å². The summed E-state index contributed by atoms with van der Waals surface area (Å²) in [7, 11) is -4.03. The Morgan fingerprint density at radius 3 is 2.62 bits per heavy atom. The Hall–Kier alpha value is -2.94. The molecule has 34 heavy (non-hydrogen) atoms. The highest BCUT2D eigenvalue weighted by Gasteiger charge is 2.37. The van der Waals surface area contributed by atoms with Gasteiger partial charge in [-0.05, 0) is 30.7 Å². The number of aromatic nitrogens is 1. The van der Waals surface area contributed by atoms with Gasteiger partial charge in [-0.3, -0.25) is 9.52 Å². The minimum absolute atomic E-state index is 0.00381. The lowest BCUT2D eigenvalue weighted by Crippen LogP contribution is -2.55. The zero-order valence-electron chi connectivity index (χ0n) is 17.8. The first-order valence-corrected chi connectivity index (χ1v) is 12.4. The molecule has 1 aliphatic rings. The van der Waals surface area contributed by atoms with Crippen molar-refractivity contribution in [2.45, 2.75) is 19.4 Å². The van der Waals surface area contributed by atoms with E-state index in [9.17, 15) is 27.7 Å². The summed E-state index contributed by atoms with van der Waals surface area (Å²) in [6, 6.07) is 7.44. The van der Waals surface area contributed by atoms with Gasteiger partial charge in [0.05, 0.1) is 35.1 Å². The average Bonchev–Trinajstić information content (AvgIpc) is 2.74. The molecule has 9 nitrogen and oxygen atoms in total. The Morgan fingerprint density at radius 1 is 1.32 bits per heavy atom. The number of hydrogen-bond donors (Lipinski definition) is 1. The van der Waals surface area contributed by atoms with Crippen molar-refractivity contribution in [1.82, 2.24) is 9.71 Å². The lowest BCUT2D eigenvalue weighted by atomic mass is 9.98. The molecular formula is C21H19Cl2FN4O5S. The molecule has 1 aromatic heterocycles. The van der Waals surface area contributed by atoms with Crippen LogP contribution in [0.5, 0.6) is 0 Å². The third kappa shape index (κ3) is 5.75. The van der Waals surface area contributed by atoms with Crippen LogP contribution in [0.4, 0.5) is 10.2 Å². The summed E-state index contributed by atoms with van der Waals surface area (Å²) in [5.74, 6) is -2.64. The second-order valence-electron chi connectivity index (χ2n) is 7.38. The third-order valence-electron chi connectivity index (χ3n) is 4.99. The van der Waals surface area contributed by atoms with E-state index in [1.54, 1.807) is 6.92 Å². The number of amides is 1. The molecule has 3 rings (SSSR count).